The van der Waals surface area contributed by atoms with E-state index in [0.717, 1.165) is 5.69 Å². The van der Waals surface area contributed by atoms with E-state index in [1.807, 2.05) is 19.9 Å². The lowest BCUT2D eigenvalue weighted by Gasteiger charge is -2.24. The average Bonchev–Trinajstić information content (AvgIpc) is 2.98. The van der Waals surface area contributed by atoms with E-state index in [-0.39, 0.29) is 30.9 Å². The molecule has 1 aliphatic heterocycles. The molecule has 2 heterocycles. The first-order valence-corrected chi connectivity index (χ1v) is 10.6. The van der Waals surface area contributed by atoms with Gasteiger partial charge in [0.15, 0.2) is 0 Å². The molecule has 1 saturated heterocycles. The number of carbonyl (C=O) groups excluding carboxylic acids is 3. The molecule has 8 nitrogen and oxygen atoms in total. The zero-order valence-electron chi connectivity index (χ0n) is 18.6. The lowest BCUT2D eigenvalue weighted by Crippen LogP contribution is -2.51. The van der Waals surface area contributed by atoms with Crippen LogP contribution in [0.2, 0.25) is 0 Å². The van der Waals surface area contributed by atoms with Gasteiger partial charge in [0.25, 0.3) is 11.8 Å². The molecule has 174 valence electrons. The molecule has 1 aromatic heterocycles. The van der Waals surface area contributed by atoms with Crippen LogP contribution < -0.4 is 16.0 Å². The molecule has 32 heavy (non-hydrogen) atoms. The maximum absolute atomic E-state index is 13.8. The van der Waals surface area contributed by atoms with Crippen molar-refractivity contribution in [1.29, 1.82) is 5.26 Å². The normalized spacial score (nSPS) is 27.0. The highest BCUT2D eigenvalue weighted by molar-refractivity contribution is 5.96. The summed E-state index contributed by atoms with van der Waals surface area (Å²) < 4.78 is 27.7. The molecule has 3 rings (SSSR count). The highest BCUT2D eigenvalue weighted by Crippen LogP contribution is 2.62. The Morgan fingerprint density at radius 1 is 1.28 bits per heavy atom. The van der Waals surface area contributed by atoms with Gasteiger partial charge in [-0.3, -0.25) is 14.4 Å². The number of aromatic amines is 1. The molecule has 0 radical (unpaired) electrons. The van der Waals surface area contributed by atoms with E-state index in [4.69, 9.17) is 0 Å². The van der Waals surface area contributed by atoms with Gasteiger partial charge in [0, 0.05) is 29.0 Å². The van der Waals surface area contributed by atoms with E-state index in [0.29, 0.717) is 6.42 Å². The van der Waals surface area contributed by atoms with Crippen molar-refractivity contribution in [3.05, 3.63) is 23.5 Å². The Labute approximate surface area is 185 Å². The molecule has 0 bridgehead atoms. The van der Waals surface area contributed by atoms with E-state index in [1.54, 1.807) is 13.0 Å². The second kappa shape index (κ2) is 8.19. The third-order valence-electron chi connectivity index (χ3n) is 6.30. The van der Waals surface area contributed by atoms with Gasteiger partial charge < -0.3 is 20.9 Å². The van der Waals surface area contributed by atoms with E-state index in [2.05, 4.69) is 20.9 Å². The Hall–Kier alpha value is -2.96. The van der Waals surface area contributed by atoms with Crippen molar-refractivity contribution in [2.45, 2.75) is 76.9 Å². The molecule has 10 heteroatoms. The smallest absolute Gasteiger partial charge is 0.268 e. The van der Waals surface area contributed by atoms with E-state index >= 15 is 0 Å². The fraction of sp³-hybridized carbons (Fsp3) is 0.636. The molecule has 4 N–H and O–H groups in total. The maximum atomic E-state index is 13.8. The topological polar surface area (TPSA) is 127 Å². The Bertz CT molecular complexity index is 967. The lowest BCUT2D eigenvalue weighted by molar-refractivity contribution is -0.125. The number of aromatic nitrogens is 1. The Morgan fingerprint density at radius 3 is 2.41 bits per heavy atom. The molecule has 1 saturated carbocycles. The van der Waals surface area contributed by atoms with Crippen LogP contribution in [-0.2, 0) is 9.59 Å². The number of carbonyl (C=O) groups is 3. The van der Waals surface area contributed by atoms with Gasteiger partial charge in [-0.1, -0.05) is 6.92 Å². The molecule has 2 fully saturated rings. The molecule has 2 aliphatic rings. The zero-order valence-corrected chi connectivity index (χ0v) is 18.6. The average molecular weight is 450 g/mol. The second-order valence-corrected chi connectivity index (χ2v) is 9.93. The molecule has 1 aliphatic carbocycles. The van der Waals surface area contributed by atoms with Gasteiger partial charge in [-0.25, -0.2) is 8.78 Å². The van der Waals surface area contributed by atoms with Crippen LogP contribution in [0.25, 0.3) is 0 Å². The largest absolute Gasteiger partial charge is 0.355 e. The van der Waals surface area contributed by atoms with Crippen LogP contribution in [0.4, 0.5) is 8.78 Å². The fourth-order valence-corrected chi connectivity index (χ4v) is 4.29. The molecular weight excluding hydrogens is 420 g/mol. The van der Waals surface area contributed by atoms with Crippen molar-refractivity contribution in [2.75, 3.05) is 0 Å². The van der Waals surface area contributed by atoms with Crippen molar-refractivity contribution in [1.82, 2.24) is 20.9 Å². The van der Waals surface area contributed by atoms with Gasteiger partial charge in [0.05, 0.1) is 6.07 Å². The molecule has 1 aromatic rings. The van der Waals surface area contributed by atoms with Gasteiger partial charge in [-0.05, 0) is 52.2 Å². The van der Waals surface area contributed by atoms with Gasteiger partial charge >= 0.3 is 0 Å². The summed E-state index contributed by atoms with van der Waals surface area (Å²) in [6, 6.07) is 2.93. The van der Waals surface area contributed by atoms with Crippen LogP contribution in [0, 0.1) is 29.6 Å². The van der Waals surface area contributed by atoms with E-state index in [1.165, 1.54) is 13.0 Å². The first-order chi connectivity index (χ1) is 14.7. The van der Waals surface area contributed by atoms with Crippen molar-refractivity contribution in [3.8, 4) is 6.07 Å². The first kappa shape index (κ1) is 23.7. The summed E-state index contributed by atoms with van der Waals surface area (Å²) in [5.74, 6) is -4.88. The van der Waals surface area contributed by atoms with Crippen LogP contribution >= 0.6 is 0 Å². The first-order valence-electron chi connectivity index (χ1n) is 10.6. The fourth-order valence-electron chi connectivity index (χ4n) is 4.29. The summed E-state index contributed by atoms with van der Waals surface area (Å²) in [6.07, 6.45) is -0.0371. The van der Waals surface area contributed by atoms with Gasteiger partial charge in [-0.2, -0.15) is 5.26 Å². The molecule has 0 aromatic carbocycles. The number of nitriles is 1. The van der Waals surface area contributed by atoms with Crippen molar-refractivity contribution in [3.63, 3.8) is 0 Å². The molecule has 0 spiro atoms. The van der Waals surface area contributed by atoms with Gasteiger partial charge in [0.2, 0.25) is 11.8 Å². The van der Waals surface area contributed by atoms with Crippen LogP contribution in [0.15, 0.2) is 12.1 Å². The number of nitrogens with one attached hydrogen (secondary N) is 4. The standard InChI is InChI=1S/C22H29F2N5O3/c1-12-5-6-15(26-12)18(31)28-16(9-21(4)11-22(21,23)24)19(32)27-14(10-25)7-13-8-20(2,3)29-17(13)30/h5-6,13-14,16,26H,7-9,11H2,1-4H3,(H,27,32)(H,28,31)(H,29,30)/t13-,14+,16?,21?/m1/s1. The minimum atomic E-state index is -2.92. The predicted molar refractivity (Wildman–Crippen MR) is 112 cm³/mol. The number of amides is 3. The highest BCUT2D eigenvalue weighted by Gasteiger charge is 2.68. The van der Waals surface area contributed by atoms with Gasteiger partial charge in [-0.15, -0.1) is 0 Å². The second-order valence-electron chi connectivity index (χ2n) is 9.93. The molecule has 3 amide bonds. The molecule has 2 unspecified atom stereocenters. The SMILES string of the molecule is Cc1ccc(C(=O)NC(CC2(C)CC2(F)F)C(=O)N[C@H](C#N)C[C@@H]2CC(C)(C)NC2=O)[nH]1. The van der Waals surface area contributed by atoms with E-state index in [9.17, 15) is 28.4 Å². The third kappa shape index (κ3) is 5.09. The number of halogens is 2. The summed E-state index contributed by atoms with van der Waals surface area (Å²) in [7, 11) is 0. The summed E-state index contributed by atoms with van der Waals surface area (Å²) in [5, 5.41) is 17.4. The summed E-state index contributed by atoms with van der Waals surface area (Å²) >= 11 is 0. The summed E-state index contributed by atoms with van der Waals surface area (Å²) in [6.45, 7) is 6.86. The van der Waals surface area contributed by atoms with Crippen molar-refractivity contribution >= 4 is 17.7 Å². The Kier molecular flexibility index (Phi) is 6.06. The maximum Gasteiger partial charge on any atom is 0.268 e. The predicted octanol–water partition coefficient (Wildman–Crippen LogP) is 2.17. The Morgan fingerprint density at radius 2 is 1.94 bits per heavy atom. The molecular formula is C22H29F2N5O3. The minimum absolute atomic E-state index is 0.0986. The number of rotatable bonds is 8. The number of hydrogen-bond acceptors (Lipinski definition) is 4. The van der Waals surface area contributed by atoms with Crippen LogP contribution in [0.5, 0.6) is 0 Å². The quantitative estimate of drug-likeness (QED) is 0.485. The van der Waals surface area contributed by atoms with Crippen molar-refractivity contribution < 1.29 is 23.2 Å². The monoisotopic (exact) mass is 449 g/mol. The van der Waals surface area contributed by atoms with Crippen LogP contribution in [0.3, 0.4) is 0 Å². The number of nitrogens with zero attached hydrogens (tertiary/aromatic N) is 1. The summed E-state index contributed by atoms with van der Waals surface area (Å²) in [4.78, 5) is 40.5. The van der Waals surface area contributed by atoms with Crippen molar-refractivity contribution in [2.24, 2.45) is 11.3 Å². The van der Waals surface area contributed by atoms with Crippen LogP contribution in [0.1, 0.15) is 62.6 Å². The summed E-state index contributed by atoms with van der Waals surface area (Å²) in [5.41, 5.74) is -0.873. The number of hydrogen-bond donors (Lipinski definition) is 4. The van der Waals surface area contributed by atoms with E-state index < -0.39 is 46.7 Å². The number of alkyl halides is 2. The zero-order chi connectivity index (χ0) is 23.9. The lowest BCUT2D eigenvalue weighted by atomic mass is 9.91. The van der Waals surface area contributed by atoms with Crippen LogP contribution in [-0.4, -0.2) is 46.3 Å². The minimum Gasteiger partial charge on any atom is -0.355 e. The Balaban J connectivity index is 1.70. The molecule has 4 atom stereocenters. The highest BCUT2D eigenvalue weighted by atomic mass is 19.3. The number of aryl methyl sites for hydroxylation is 1. The number of H-pyrrole nitrogens is 1. The third-order valence-corrected chi connectivity index (χ3v) is 6.30. The van der Waals surface area contributed by atoms with Gasteiger partial charge in [0.1, 0.15) is 17.8 Å².